The third-order valence-corrected chi connectivity index (χ3v) is 6.23. The van der Waals surface area contributed by atoms with E-state index < -0.39 is 20.9 Å². The van der Waals surface area contributed by atoms with Gasteiger partial charge in [-0.1, -0.05) is 35.9 Å². The number of hydrogen-bond donors (Lipinski definition) is 2. The first-order valence-corrected chi connectivity index (χ1v) is 11.5. The van der Waals surface area contributed by atoms with E-state index in [9.17, 15) is 23.3 Å². The normalized spacial score (nSPS) is 11.0. The zero-order chi connectivity index (χ0) is 24.0. The Bertz CT molecular complexity index is 1290. The van der Waals surface area contributed by atoms with Crippen molar-refractivity contribution in [3.8, 4) is 5.75 Å². The first-order valence-electron chi connectivity index (χ1n) is 9.99. The smallest absolute Gasteiger partial charge is 0.270 e. The van der Waals surface area contributed by atoms with Crippen LogP contribution < -0.4 is 14.8 Å². The number of carbonyl (C=O) groups excluding carboxylic acids is 1. The molecule has 0 radical (unpaired) electrons. The lowest BCUT2D eigenvalue weighted by Crippen LogP contribution is -2.27. The van der Waals surface area contributed by atoms with Crippen molar-refractivity contribution in [2.75, 3.05) is 18.4 Å². The number of nitrogens with one attached hydrogen (secondary N) is 2. The van der Waals surface area contributed by atoms with E-state index in [1.165, 1.54) is 30.3 Å². The summed E-state index contributed by atoms with van der Waals surface area (Å²) in [4.78, 5) is 22.8. The number of rotatable bonds is 9. The minimum atomic E-state index is -4.15. The maximum atomic E-state index is 12.8. The third kappa shape index (κ3) is 5.86. The number of aryl methyl sites for hydroxylation is 1. The molecule has 3 aromatic carbocycles. The molecular formula is C23H23N3O6S. The fourth-order valence-corrected chi connectivity index (χ4v) is 4.37. The first kappa shape index (κ1) is 23.7. The molecule has 1 amide bonds. The van der Waals surface area contributed by atoms with Gasteiger partial charge in [-0.3, -0.25) is 19.6 Å². The molecule has 172 valence electrons. The third-order valence-electron chi connectivity index (χ3n) is 4.87. The number of nitro groups is 1. The van der Waals surface area contributed by atoms with E-state index in [1.807, 2.05) is 25.1 Å². The van der Waals surface area contributed by atoms with Gasteiger partial charge in [0.05, 0.1) is 28.2 Å². The SMILES string of the molecule is COc1ccc(C)cc1CCNC(=O)c1ccccc1NS(=O)(=O)c1cccc([N+](=O)[O-])c1. The number of nitro benzene ring substituents is 1. The number of amides is 1. The fourth-order valence-electron chi connectivity index (χ4n) is 3.25. The Morgan fingerprint density at radius 3 is 2.55 bits per heavy atom. The number of nitrogens with zero attached hydrogens (tertiary/aromatic N) is 1. The van der Waals surface area contributed by atoms with Crippen molar-refractivity contribution >= 4 is 27.3 Å². The van der Waals surface area contributed by atoms with Crippen molar-refractivity contribution in [3.05, 3.63) is 93.5 Å². The molecule has 0 saturated heterocycles. The van der Waals surface area contributed by atoms with Gasteiger partial charge >= 0.3 is 0 Å². The highest BCUT2D eigenvalue weighted by atomic mass is 32.2. The number of non-ortho nitro benzene ring substituents is 1. The quantitative estimate of drug-likeness (QED) is 0.363. The molecule has 0 atom stereocenters. The van der Waals surface area contributed by atoms with E-state index in [-0.39, 0.29) is 21.8 Å². The maximum Gasteiger partial charge on any atom is 0.270 e. The predicted octanol–water partition coefficient (Wildman–Crippen LogP) is 3.69. The van der Waals surface area contributed by atoms with Gasteiger partial charge in [0.1, 0.15) is 5.75 Å². The monoisotopic (exact) mass is 469 g/mol. The van der Waals surface area contributed by atoms with E-state index in [4.69, 9.17) is 4.74 Å². The van der Waals surface area contributed by atoms with E-state index in [0.29, 0.717) is 13.0 Å². The molecule has 0 aliphatic heterocycles. The van der Waals surface area contributed by atoms with Crippen LogP contribution in [0, 0.1) is 17.0 Å². The molecule has 3 rings (SSSR count). The Morgan fingerprint density at radius 1 is 1.06 bits per heavy atom. The van der Waals surface area contributed by atoms with Gasteiger partial charge in [-0.25, -0.2) is 8.42 Å². The van der Waals surface area contributed by atoms with Crippen LogP contribution in [0.4, 0.5) is 11.4 Å². The lowest BCUT2D eigenvalue weighted by molar-refractivity contribution is -0.385. The van der Waals surface area contributed by atoms with Gasteiger partial charge in [0.15, 0.2) is 0 Å². The predicted molar refractivity (Wildman–Crippen MR) is 124 cm³/mol. The summed E-state index contributed by atoms with van der Waals surface area (Å²) in [6.07, 6.45) is 0.526. The lowest BCUT2D eigenvalue weighted by atomic mass is 10.1. The molecule has 0 fully saturated rings. The highest BCUT2D eigenvalue weighted by molar-refractivity contribution is 7.92. The molecule has 0 unspecified atom stereocenters. The summed E-state index contributed by atoms with van der Waals surface area (Å²) in [5.74, 6) is 0.263. The van der Waals surface area contributed by atoms with Gasteiger partial charge in [0.2, 0.25) is 0 Å². The second kappa shape index (κ2) is 10.1. The molecule has 0 bridgehead atoms. The molecule has 0 saturated carbocycles. The Kier molecular flexibility index (Phi) is 7.29. The number of ether oxygens (including phenoxy) is 1. The molecule has 0 aliphatic rings. The summed E-state index contributed by atoms with van der Waals surface area (Å²) >= 11 is 0. The minimum Gasteiger partial charge on any atom is -0.496 e. The molecule has 2 N–H and O–H groups in total. The summed E-state index contributed by atoms with van der Waals surface area (Å²) in [6.45, 7) is 2.27. The van der Waals surface area contributed by atoms with Crippen LogP contribution in [0.25, 0.3) is 0 Å². The summed E-state index contributed by atoms with van der Waals surface area (Å²) < 4.78 is 33.2. The van der Waals surface area contributed by atoms with Crippen LogP contribution in [0.15, 0.2) is 71.6 Å². The van der Waals surface area contributed by atoms with Crippen LogP contribution in [-0.2, 0) is 16.4 Å². The van der Waals surface area contributed by atoms with E-state index in [1.54, 1.807) is 19.2 Å². The topological polar surface area (TPSA) is 128 Å². The summed E-state index contributed by atoms with van der Waals surface area (Å²) in [7, 11) is -2.57. The number of sulfonamides is 1. The minimum absolute atomic E-state index is 0.0645. The average Bonchev–Trinajstić information content (AvgIpc) is 2.79. The number of benzene rings is 3. The number of hydrogen-bond acceptors (Lipinski definition) is 6. The lowest BCUT2D eigenvalue weighted by Gasteiger charge is -2.13. The van der Waals surface area contributed by atoms with Crippen molar-refractivity contribution in [1.29, 1.82) is 0 Å². The molecular weight excluding hydrogens is 446 g/mol. The van der Waals surface area contributed by atoms with Crippen molar-refractivity contribution in [2.45, 2.75) is 18.2 Å². The van der Waals surface area contributed by atoms with Crippen LogP contribution in [0.1, 0.15) is 21.5 Å². The van der Waals surface area contributed by atoms with Crippen LogP contribution in [0.5, 0.6) is 5.75 Å². The molecule has 33 heavy (non-hydrogen) atoms. The van der Waals surface area contributed by atoms with Gasteiger partial charge in [0.25, 0.3) is 21.6 Å². The van der Waals surface area contributed by atoms with Gasteiger partial charge < -0.3 is 10.1 Å². The van der Waals surface area contributed by atoms with Gasteiger partial charge in [-0.05, 0) is 43.2 Å². The fraction of sp³-hybridized carbons (Fsp3) is 0.174. The zero-order valence-electron chi connectivity index (χ0n) is 18.1. The summed E-state index contributed by atoms with van der Waals surface area (Å²) in [5, 5.41) is 13.8. The zero-order valence-corrected chi connectivity index (χ0v) is 18.9. The van der Waals surface area contributed by atoms with E-state index in [0.717, 1.165) is 22.9 Å². The number of para-hydroxylation sites is 1. The highest BCUT2D eigenvalue weighted by Crippen LogP contribution is 2.23. The van der Waals surface area contributed by atoms with Crippen molar-refractivity contribution in [1.82, 2.24) is 5.32 Å². The molecule has 10 heteroatoms. The first-order chi connectivity index (χ1) is 15.7. The van der Waals surface area contributed by atoms with Gasteiger partial charge in [0, 0.05) is 18.7 Å². The average molecular weight is 470 g/mol. The van der Waals surface area contributed by atoms with Gasteiger partial charge in [-0.2, -0.15) is 0 Å². The second-order valence-corrected chi connectivity index (χ2v) is 8.91. The van der Waals surface area contributed by atoms with Crippen molar-refractivity contribution in [2.24, 2.45) is 0 Å². The van der Waals surface area contributed by atoms with Crippen molar-refractivity contribution < 1.29 is 22.9 Å². The Balaban J connectivity index is 1.75. The highest BCUT2D eigenvalue weighted by Gasteiger charge is 2.20. The number of methoxy groups -OCH3 is 1. The van der Waals surface area contributed by atoms with Crippen molar-refractivity contribution in [3.63, 3.8) is 0 Å². The van der Waals surface area contributed by atoms with Crippen LogP contribution >= 0.6 is 0 Å². The van der Waals surface area contributed by atoms with E-state index in [2.05, 4.69) is 10.0 Å². The largest absolute Gasteiger partial charge is 0.496 e. The van der Waals surface area contributed by atoms with Crippen LogP contribution in [-0.4, -0.2) is 32.9 Å². The molecule has 0 aliphatic carbocycles. The van der Waals surface area contributed by atoms with Crippen LogP contribution in [0.3, 0.4) is 0 Å². The van der Waals surface area contributed by atoms with Crippen LogP contribution in [0.2, 0.25) is 0 Å². The number of carbonyl (C=O) groups is 1. The van der Waals surface area contributed by atoms with Gasteiger partial charge in [-0.15, -0.1) is 0 Å². The molecule has 0 heterocycles. The number of anilines is 1. The Hall–Kier alpha value is -3.92. The summed E-state index contributed by atoms with van der Waals surface area (Å²) in [6, 6.07) is 16.6. The molecule has 0 aromatic heterocycles. The standard InChI is InChI=1S/C23H23N3O6S/c1-16-10-11-22(32-2)17(14-16)12-13-24-23(27)20-8-3-4-9-21(20)25-33(30,31)19-7-5-6-18(15-19)26(28)29/h3-11,14-15,25H,12-13H2,1-2H3,(H,24,27). The molecule has 9 nitrogen and oxygen atoms in total. The molecule has 3 aromatic rings. The van der Waals surface area contributed by atoms with E-state index >= 15 is 0 Å². The Morgan fingerprint density at radius 2 is 1.82 bits per heavy atom. The second-order valence-electron chi connectivity index (χ2n) is 7.23. The maximum absolute atomic E-state index is 12.8. The Labute approximate surface area is 191 Å². The molecule has 0 spiro atoms. The summed E-state index contributed by atoms with van der Waals surface area (Å²) in [5.41, 5.74) is 1.85.